The number of anilines is 1. The molecule has 95 heavy (non-hydrogen) atoms. The normalized spacial score (nSPS) is 12.3. The highest BCUT2D eigenvalue weighted by molar-refractivity contribution is 6.67. The Morgan fingerprint density at radius 3 is 1.51 bits per heavy atom. The summed E-state index contributed by atoms with van der Waals surface area (Å²) in [6, 6.07) is 46.4. The van der Waals surface area contributed by atoms with E-state index >= 15 is 0 Å². The summed E-state index contributed by atoms with van der Waals surface area (Å²) >= 11 is 5.12. The van der Waals surface area contributed by atoms with Crippen molar-refractivity contribution in [3.05, 3.63) is 357 Å². The molecule has 14 rings (SSSR count). The number of hydrogen-bond acceptors (Lipinski definition) is 15. The van der Waals surface area contributed by atoms with Crippen LogP contribution in [0.5, 0.6) is 0 Å². The predicted octanol–water partition coefficient (Wildman–Crippen LogP) is 13.7. The van der Waals surface area contributed by atoms with Crippen LogP contribution >= 0.6 is 11.6 Å². The van der Waals surface area contributed by atoms with Crippen molar-refractivity contribution in [1.29, 1.82) is 0 Å². The van der Waals surface area contributed by atoms with Gasteiger partial charge in [0.05, 0.1) is 44.7 Å². The fourth-order valence-electron chi connectivity index (χ4n) is 10.6. The molecule has 0 atom stereocenters. The number of pyridine rings is 5. The van der Waals surface area contributed by atoms with E-state index in [1.54, 1.807) is 91.4 Å². The molecule has 0 unspecified atom stereocenters. The van der Waals surface area contributed by atoms with Crippen LogP contribution in [0.25, 0.3) is 22.8 Å². The van der Waals surface area contributed by atoms with Crippen LogP contribution in [0, 0.1) is 31.9 Å². The average Bonchev–Trinajstić information content (AvgIpc) is 1.74. The molecule has 4 aliphatic rings. The van der Waals surface area contributed by atoms with Crippen molar-refractivity contribution in [3.8, 4) is 0 Å². The first-order valence-corrected chi connectivity index (χ1v) is 29.8. The maximum Gasteiger partial charge on any atom is 0.270 e. The highest BCUT2D eigenvalue weighted by Gasteiger charge is 2.26. The van der Waals surface area contributed by atoms with Gasteiger partial charge in [-0.05, 0) is 101 Å². The zero-order valence-corrected chi connectivity index (χ0v) is 50.9. The van der Waals surface area contributed by atoms with Gasteiger partial charge in [0.1, 0.15) is 0 Å². The number of allylic oxidation sites excluding steroid dienone is 7. The summed E-state index contributed by atoms with van der Waals surface area (Å²) in [6.45, 7) is -0.00736. The quantitative estimate of drug-likeness (QED) is 0.0348. The van der Waals surface area contributed by atoms with Gasteiger partial charge in [0, 0.05) is 149 Å². The van der Waals surface area contributed by atoms with E-state index in [1.807, 2.05) is 54.8 Å². The molecule has 5 aromatic carbocycles. The minimum absolute atomic E-state index is 0.00736. The second kappa shape index (κ2) is 30.2. The maximum atomic E-state index is 13.5. The summed E-state index contributed by atoms with van der Waals surface area (Å²) in [5.74, 6) is -2.73. The second-order valence-electron chi connectivity index (χ2n) is 21.5. The monoisotopic (exact) mass is 1290 g/mol. The second-order valence-corrected chi connectivity index (χ2v) is 21.9. The number of nitrogen functional groups attached to an aromatic ring is 1. The highest BCUT2D eigenvalue weighted by atomic mass is 35.5. The zero-order chi connectivity index (χ0) is 67.1. The molecule has 10 aromatic rings. The number of non-ortho nitro benzene ring substituents is 2. The number of nitro groups is 2. The lowest BCUT2D eigenvalue weighted by atomic mass is 9.96. The van der Waals surface area contributed by atoms with Crippen LogP contribution in [0.2, 0.25) is 0 Å². The van der Waals surface area contributed by atoms with Gasteiger partial charge in [-0.25, -0.2) is 8.78 Å². The van der Waals surface area contributed by atoms with Gasteiger partial charge in [-0.1, -0.05) is 109 Å². The summed E-state index contributed by atoms with van der Waals surface area (Å²) in [5.41, 5.74) is 17.7. The molecule has 18 nitrogen and oxygen atoms in total. The van der Waals surface area contributed by atoms with Gasteiger partial charge >= 0.3 is 0 Å². The van der Waals surface area contributed by atoms with Crippen molar-refractivity contribution in [2.45, 2.75) is 38.6 Å². The molecule has 4 aliphatic carbocycles. The zero-order valence-electron chi connectivity index (χ0n) is 50.2. The minimum Gasteiger partial charge on any atom is -0.399 e. The highest BCUT2D eigenvalue weighted by Crippen LogP contribution is 2.32. The third kappa shape index (κ3) is 16.1. The number of halogens is 3. The Bertz CT molecular complexity index is 4880. The molecule has 0 radical (unpaired) electrons. The van der Waals surface area contributed by atoms with Crippen LogP contribution in [0.15, 0.2) is 236 Å². The molecule has 0 fully saturated rings. The SMILES string of the molecule is C1=Cc2cccnc2C1.Nc1cccc(C(=O)C2=CCc3ncccc32)c1.O=C(C1=CCc2ncccc21)c1cccc(CC(=O)c2cccn(Cc3ccc(F)c(F)c3)c2=O)c1.O=C(C1=CCc2ncccc21)c1cccc([N+](=O)[O-])c1.O=C(Cl)c1cccc([N+](=O)[O-])c1. The molecular formula is C74H53ClF2N8O10. The fourth-order valence-corrected chi connectivity index (χ4v) is 10.8. The summed E-state index contributed by atoms with van der Waals surface area (Å²) < 4.78 is 28.0. The number of carbonyl (C=O) groups excluding carboxylic acids is 5. The van der Waals surface area contributed by atoms with Crippen LogP contribution in [0.4, 0.5) is 25.8 Å². The molecule has 5 aromatic heterocycles. The molecule has 0 aliphatic heterocycles. The van der Waals surface area contributed by atoms with E-state index in [2.05, 4.69) is 38.2 Å². The maximum absolute atomic E-state index is 13.5. The predicted molar refractivity (Wildman–Crippen MR) is 356 cm³/mol. The lowest BCUT2D eigenvalue weighted by Crippen LogP contribution is -2.27. The van der Waals surface area contributed by atoms with Gasteiger partial charge in [0.25, 0.3) is 22.2 Å². The molecule has 5 heterocycles. The summed E-state index contributed by atoms with van der Waals surface area (Å²) in [6.07, 6.45) is 21.2. The molecule has 0 amide bonds. The summed E-state index contributed by atoms with van der Waals surface area (Å²) in [5, 5.41) is 20.3. The van der Waals surface area contributed by atoms with E-state index in [0.29, 0.717) is 57.5 Å². The van der Waals surface area contributed by atoms with E-state index in [1.165, 1.54) is 70.6 Å². The first kappa shape index (κ1) is 65.7. The van der Waals surface area contributed by atoms with Crippen molar-refractivity contribution in [1.82, 2.24) is 24.5 Å². The Balaban J connectivity index is 0.000000141. The minimum atomic E-state index is -1.00. The van der Waals surface area contributed by atoms with Crippen molar-refractivity contribution < 1.29 is 42.6 Å². The number of nitrogens with two attached hydrogens (primary N) is 1. The topological polar surface area (TPSA) is 271 Å². The first-order chi connectivity index (χ1) is 45.9. The van der Waals surface area contributed by atoms with Crippen molar-refractivity contribution in [3.63, 3.8) is 0 Å². The van der Waals surface area contributed by atoms with Crippen molar-refractivity contribution in [2.75, 3.05) is 5.73 Å². The number of ketones is 4. The third-order valence-electron chi connectivity index (χ3n) is 15.3. The number of aromatic nitrogens is 5. The molecule has 2 N–H and O–H groups in total. The number of benzene rings is 5. The van der Waals surface area contributed by atoms with Crippen LogP contribution in [-0.2, 0) is 38.6 Å². The number of Topliss-reactive ketones (excluding diaryl/α,β-unsaturated/α-hetero) is 4. The fraction of sp³-hybridized carbons (Fsp3) is 0.0811. The molecule has 0 saturated carbocycles. The number of carbonyl (C=O) groups is 5. The first-order valence-electron chi connectivity index (χ1n) is 29.4. The Kier molecular flexibility index (Phi) is 20.9. The molecule has 0 bridgehead atoms. The Morgan fingerprint density at radius 2 is 0.989 bits per heavy atom. The van der Waals surface area contributed by atoms with Gasteiger partial charge in [0.2, 0.25) is 0 Å². The van der Waals surface area contributed by atoms with Crippen LogP contribution < -0.4 is 11.3 Å². The Hall–Kier alpha value is -12.3. The Morgan fingerprint density at radius 1 is 0.505 bits per heavy atom. The molecule has 0 saturated heterocycles. The smallest absolute Gasteiger partial charge is 0.270 e. The van der Waals surface area contributed by atoms with E-state index in [0.717, 1.165) is 70.4 Å². The van der Waals surface area contributed by atoms with Gasteiger partial charge in [-0.15, -0.1) is 0 Å². The summed E-state index contributed by atoms with van der Waals surface area (Å²) in [7, 11) is 0. The average molecular weight is 1290 g/mol. The lowest BCUT2D eigenvalue weighted by Gasteiger charge is -2.09. The molecule has 470 valence electrons. The van der Waals surface area contributed by atoms with E-state index < -0.39 is 38.1 Å². The van der Waals surface area contributed by atoms with E-state index in [9.17, 15) is 57.8 Å². The number of fused-ring (bicyclic) bond motifs is 4. The number of nitrogens with zero attached hydrogens (tertiary/aromatic N) is 7. The van der Waals surface area contributed by atoms with Gasteiger partial charge in [-0.3, -0.25) is 68.9 Å². The van der Waals surface area contributed by atoms with Crippen LogP contribution in [-0.4, -0.2) is 62.7 Å². The summed E-state index contributed by atoms with van der Waals surface area (Å²) in [4.78, 5) is 111. The number of rotatable bonds is 14. The molecular weight excluding hydrogens is 1230 g/mol. The lowest BCUT2D eigenvalue weighted by molar-refractivity contribution is -0.385. The standard InChI is InChI=1S/C29H20F2N2O3.C15H10N2O3.C15H12N2O.C8H7N.C7H4ClNO3/c30-24-10-8-19(15-25(24)31)17-33-13-3-7-23(29(33)36)27(34)16-18-4-1-5-20(14-18)28(35)22-9-11-26-21(22)6-2-12-32-26;18-15(10-3-1-4-11(9-10)17(19)20)13-6-7-14-12(13)5-2-8-16-14;16-11-4-1-3-10(9-11)15(18)13-6-7-14-12(13)5-2-8-17-14;1-3-7-4-2-6-9-8(7)5-1;8-7(10)5-2-1-3-6(4-5)9(11)12/h1-10,12-15H,11,16-17H2;1-6,8-9H,7H2;1-6,8-9H,7,16H2;1-4,6H,5H2;1-4H. The number of hydrogen-bond donors (Lipinski definition) is 1. The van der Waals surface area contributed by atoms with E-state index in [-0.39, 0.29) is 52.8 Å². The number of nitro benzene ring substituents is 2. The van der Waals surface area contributed by atoms with Crippen LogP contribution in [0.3, 0.4) is 0 Å². The van der Waals surface area contributed by atoms with Crippen molar-refractivity contribution >= 4 is 79.8 Å². The van der Waals surface area contributed by atoms with E-state index in [4.69, 9.17) is 17.3 Å². The Labute approximate surface area is 546 Å². The third-order valence-corrected chi connectivity index (χ3v) is 15.5. The van der Waals surface area contributed by atoms with Crippen molar-refractivity contribution in [2.24, 2.45) is 0 Å². The molecule has 0 spiro atoms. The largest absolute Gasteiger partial charge is 0.399 e. The van der Waals surface area contributed by atoms with Crippen LogP contribution in [0.1, 0.15) is 108 Å². The van der Waals surface area contributed by atoms with Gasteiger partial charge in [0.15, 0.2) is 34.8 Å². The van der Waals surface area contributed by atoms with Gasteiger partial charge in [-0.2, -0.15) is 0 Å². The van der Waals surface area contributed by atoms with Gasteiger partial charge < -0.3 is 10.3 Å². The molecule has 21 heteroatoms.